The van der Waals surface area contributed by atoms with Crippen LogP contribution in [0.2, 0.25) is 0 Å². The molecule has 0 spiro atoms. The van der Waals surface area contributed by atoms with Gasteiger partial charge in [-0.3, -0.25) is 4.79 Å². The first kappa shape index (κ1) is 20.9. The lowest BCUT2D eigenvalue weighted by Gasteiger charge is -2.27. The zero-order chi connectivity index (χ0) is 18.8. The highest BCUT2D eigenvalue weighted by Crippen LogP contribution is 2.28. The molecule has 6 N–H and O–H groups in total. The highest BCUT2D eigenvalue weighted by atomic mass is 16.6. The molecule has 1 unspecified atom stereocenters. The number of hydrogen-bond acceptors (Lipinski definition) is 5. The first-order valence-electron chi connectivity index (χ1n) is 8.04. The van der Waals surface area contributed by atoms with Gasteiger partial charge in [0.05, 0.1) is 25.4 Å². The van der Waals surface area contributed by atoms with E-state index < -0.39 is 6.16 Å². The molecule has 140 valence electrons. The van der Waals surface area contributed by atoms with Gasteiger partial charge in [-0.1, -0.05) is 30.3 Å². The van der Waals surface area contributed by atoms with Crippen molar-refractivity contribution in [2.45, 2.75) is 44.6 Å². The fourth-order valence-corrected chi connectivity index (χ4v) is 2.95. The fourth-order valence-electron chi connectivity index (χ4n) is 2.95. The number of carboxylic acid groups (broad SMARTS) is 2. The van der Waals surface area contributed by atoms with E-state index in [1.807, 2.05) is 30.3 Å². The number of amides is 1. The summed E-state index contributed by atoms with van der Waals surface area (Å²) < 4.78 is 5.73. The zero-order valence-electron chi connectivity index (χ0n) is 14.2. The smallest absolute Gasteiger partial charge is 0.450 e. The summed E-state index contributed by atoms with van der Waals surface area (Å²) in [5.41, 5.74) is 7.15. The summed E-state index contributed by atoms with van der Waals surface area (Å²) in [4.78, 5) is 19.9. The van der Waals surface area contributed by atoms with Crippen molar-refractivity contribution in [1.82, 2.24) is 5.32 Å². The van der Waals surface area contributed by atoms with Gasteiger partial charge in [0.25, 0.3) is 0 Å². The van der Waals surface area contributed by atoms with E-state index in [9.17, 15) is 9.90 Å². The van der Waals surface area contributed by atoms with Crippen LogP contribution in [0.4, 0.5) is 4.79 Å². The Labute approximate surface area is 146 Å². The molecule has 0 bridgehead atoms. The number of carbonyl (C=O) groups excluding carboxylic acids is 1. The topological polar surface area (TPSA) is 142 Å². The van der Waals surface area contributed by atoms with E-state index in [-0.39, 0.29) is 30.0 Å². The lowest BCUT2D eigenvalue weighted by atomic mass is 9.95. The third-order valence-electron chi connectivity index (χ3n) is 3.95. The summed E-state index contributed by atoms with van der Waals surface area (Å²) in [5.74, 6) is -0.0448. The van der Waals surface area contributed by atoms with E-state index in [1.165, 1.54) is 6.92 Å². The molecule has 0 heterocycles. The Hall–Kier alpha value is -2.16. The SMILES string of the molecule is CC(=O)NC(COCc1ccccc1)[C@H]1C[C@@H](O)C[C@@H]1N.O=C(O)O. The van der Waals surface area contributed by atoms with E-state index in [4.69, 9.17) is 25.5 Å². The van der Waals surface area contributed by atoms with Crippen LogP contribution < -0.4 is 11.1 Å². The minimum absolute atomic E-state index is 0.0553. The molecule has 0 aromatic heterocycles. The Bertz CT molecular complexity index is 535. The molecule has 1 saturated carbocycles. The minimum atomic E-state index is -1.83. The standard InChI is InChI=1S/C16H24N2O3.CH2O3/c1-11(19)18-16(14-7-13(20)8-15(14)17)10-21-9-12-5-3-2-4-6-12;2-1(3)4/h2-6,13-16,20H,7-10,17H2,1H3,(H,18,19);(H2,2,3,4)/t13-,14+,15+,16?;/m1./s1. The maximum Gasteiger partial charge on any atom is 0.503 e. The van der Waals surface area contributed by atoms with Gasteiger partial charge in [0.15, 0.2) is 0 Å². The Balaban J connectivity index is 0.000000705. The molecule has 1 aliphatic rings. The van der Waals surface area contributed by atoms with Crippen LogP contribution in [0, 0.1) is 5.92 Å². The molecule has 0 radical (unpaired) electrons. The van der Waals surface area contributed by atoms with Crippen molar-refractivity contribution in [3.05, 3.63) is 35.9 Å². The minimum Gasteiger partial charge on any atom is -0.450 e. The maximum absolute atomic E-state index is 11.4. The van der Waals surface area contributed by atoms with Gasteiger partial charge < -0.3 is 31.1 Å². The van der Waals surface area contributed by atoms with Gasteiger partial charge in [0, 0.05) is 13.0 Å². The number of nitrogens with one attached hydrogen (secondary N) is 1. The Morgan fingerprint density at radius 2 is 1.88 bits per heavy atom. The van der Waals surface area contributed by atoms with Crippen LogP contribution in [0.3, 0.4) is 0 Å². The molecule has 1 aromatic rings. The van der Waals surface area contributed by atoms with Crippen molar-refractivity contribution in [2.75, 3.05) is 6.61 Å². The Morgan fingerprint density at radius 3 is 2.36 bits per heavy atom. The van der Waals surface area contributed by atoms with Crippen molar-refractivity contribution in [1.29, 1.82) is 0 Å². The monoisotopic (exact) mass is 354 g/mol. The first-order valence-corrected chi connectivity index (χ1v) is 8.04. The van der Waals surface area contributed by atoms with Gasteiger partial charge >= 0.3 is 6.16 Å². The number of carbonyl (C=O) groups is 2. The van der Waals surface area contributed by atoms with Gasteiger partial charge in [-0.2, -0.15) is 0 Å². The summed E-state index contributed by atoms with van der Waals surface area (Å²) in [6.45, 7) is 2.39. The predicted octanol–water partition coefficient (Wildman–Crippen LogP) is 1.03. The molecule has 1 fully saturated rings. The van der Waals surface area contributed by atoms with Gasteiger partial charge in [-0.05, 0) is 24.3 Å². The van der Waals surface area contributed by atoms with Gasteiger partial charge in [-0.15, -0.1) is 0 Å². The number of benzene rings is 1. The molecule has 0 aliphatic heterocycles. The summed E-state index contributed by atoms with van der Waals surface area (Å²) in [6.07, 6.45) is -1.02. The number of nitrogens with two attached hydrogens (primary N) is 1. The van der Waals surface area contributed by atoms with Crippen LogP contribution in [-0.2, 0) is 16.1 Å². The molecule has 1 amide bonds. The largest absolute Gasteiger partial charge is 0.503 e. The number of aliphatic hydroxyl groups excluding tert-OH is 1. The Morgan fingerprint density at radius 1 is 1.28 bits per heavy atom. The van der Waals surface area contributed by atoms with Crippen molar-refractivity contribution >= 4 is 12.1 Å². The van der Waals surface area contributed by atoms with Crippen molar-refractivity contribution < 1.29 is 29.6 Å². The third-order valence-corrected chi connectivity index (χ3v) is 3.95. The van der Waals surface area contributed by atoms with E-state index in [1.54, 1.807) is 0 Å². The first-order chi connectivity index (χ1) is 11.8. The summed E-state index contributed by atoms with van der Waals surface area (Å²) >= 11 is 0. The van der Waals surface area contributed by atoms with Crippen molar-refractivity contribution in [2.24, 2.45) is 11.7 Å². The predicted molar refractivity (Wildman–Crippen MR) is 91.1 cm³/mol. The van der Waals surface area contributed by atoms with E-state index in [0.717, 1.165) is 5.56 Å². The summed E-state index contributed by atoms with van der Waals surface area (Å²) in [7, 11) is 0. The van der Waals surface area contributed by atoms with Crippen LogP contribution in [0.1, 0.15) is 25.3 Å². The number of ether oxygens (including phenoxy) is 1. The lowest BCUT2D eigenvalue weighted by molar-refractivity contribution is -0.120. The second-order valence-electron chi connectivity index (χ2n) is 6.04. The van der Waals surface area contributed by atoms with Gasteiger partial charge in [-0.25, -0.2) is 4.79 Å². The molecule has 2 rings (SSSR count). The molecular formula is C17H26N2O6. The summed E-state index contributed by atoms with van der Waals surface area (Å²) in [5, 5.41) is 26.6. The van der Waals surface area contributed by atoms with Gasteiger partial charge in [0.2, 0.25) is 5.91 Å². The van der Waals surface area contributed by atoms with Crippen molar-refractivity contribution in [3.63, 3.8) is 0 Å². The van der Waals surface area contributed by atoms with Gasteiger partial charge in [0.1, 0.15) is 0 Å². The van der Waals surface area contributed by atoms with Crippen LogP contribution in [-0.4, -0.2) is 52.2 Å². The van der Waals surface area contributed by atoms with Crippen LogP contribution in [0.15, 0.2) is 30.3 Å². The second-order valence-corrected chi connectivity index (χ2v) is 6.04. The average molecular weight is 354 g/mol. The van der Waals surface area contributed by atoms with Crippen LogP contribution >= 0.6 is 0 Å². The summed E-state index contributed by atoms with van der Waals surface area (Å²) in [6, 6.07) is 9.63. The normalized spacial score (nSPS) is 23.2. The molecular weight excluding hydrogens is 328 g/mol. The van der Waals surface area contributed by atoms with E-state index in [2.05, 4.69) is 5.32 Å². The van der Waals surface area contributed by atoms with Crippen LogP contribution in [0.5, 0.6) is 0 Å². The third kappa shape index (κ3) is 8.48. The molecule has 8 nitrogen and oxygen atoms in total. The Kier molecular flexibility index (Phi) is 8.90. The molecule has 0 saturated heterocycles. The fraction of sp³-hybridized carbons (Fsp3) is 0.529. The van der Waals surface area contributed by atoms with E-state index >= 15 is 0 Å². The molecule has 1 aliphatic carbocycles. The zero-order valence-corrected chi connectivity index (χ0v) is 14.2. The van der Waals surface area contributed by atoms with Crippen molar-refractivity contribution in [3.8, 4) is 0 Å². The highest BCUT2D eigenvalue weighted by molar-refractivity contribution is 5.73. The highest BCUT2D eigenvalue weighted by Gasteiger charge is 2.36. The molecule has 8 heteroatoms. The lowest BCUT2D eigenvalue weighted by Crippen LogP contribution is -2.47. The van der Waals surface area contributed by atoms with Crippen LogP contribution in [0.25, 0.3) is 0 Å². The number of aliphatic hydroxyl groups is 1. The molecule has 4 atom stereocenters. The number of rotatable bonds is 6. The quantitative estimate of drug-likeness (QED) is 0.513. The molecule has 25 heavy (non-hydrogen) atoms. The van der Waals surface area contributed by atoms with E-state index in [0.29, 0.717) is 26.1 Å². The second kappa shape index (κ2) is 10.7. The maximum atomic E-state index is 11.4. The molecule has 1 aromatic carbocycles. The average Bonchev–Trinajstić information content (AvgIpc) is 2.85. The number of hydrogen-bond donors (Lipinski definition) is 5.